The van der Waals surface area contributed by atoms with Crippen LogP contribution in [0.5, 0.6) is 0 Å². The van der Waals surface area contributed by atoms with Gasteiger partial charge in [-0.05, 0) is 67.4 Å². The number of anilines is 1. The highest BCUT2D eigenvalue weighted by atomic mass is 79.9. The molecule has 0 bridgehead atoms. The Kier molecular flexibility index (Phi) is 5.98. The number of nitrogens with one attached hydrogen (secondary N) is 2. The fourth-order valence-electron chi connectivity index (χ4n) is 2.29. The van der Waals surface area contributed by atoms with Gasteiger partial charge in [-0.15, -0.1) is 0 Å². The highest BCUT2D eigenvalue weighted by Crippen LogP contribution is 2.20. The van der Waals surface area contributed by atoms with Crippen molar-refractivity contribution in [2.24, 2.45) is 0 Å². The SMILES string of the molecule is CC[C@H](NC(=S)Nc1cccc(Br)c1)c1ccc(C)c(C)c1. The lowest BCUT2D eigenvalue weighted by atomic mass is 9.99. The van der Waals surface area contributed by atoms with Crippen molar-refractivity contribution in [2.45, 2.75) is 33.2 Å². The average molecular weight is 377 g/mol. The van der Waals surface area contributed by atoms with E-state index in [4.69, 9.17) is 12.2 Å². The molecule has 0 fully saturated rings. The Morgan fingerprint density at radius 1 is 1.14 bits per heavy atom. The summed E-state index contributed by atoms with van der Waals surface area (Å²) in [7, 11) is 0. The zero-order chi connectivity index (χ0) is 16.1. The molecule has 1 atom stereocenters. The molecule has 0 heterocycles. The molecular formula is C18H21BrN2S. The molecule has 0 aliphatic rings. The van der Waals surface area contributed by atoms with Crippen LogP contribution in [0.25, 0.3) is 0 Å². The molecule has 0 unspecified atom stereocenters. The first-order chi connectivity index (χ1) is 10.5. The largest absolute Gasteiger partial charge is 0.356 e. The molecule has 0 aliphatic carbocycles. The second-order valence-electron chi connectivity index (χ2n) is 5.41. The van der Waals surface area contributed by atoms with Gasteiger partial charge in [-0.2, -0.15) is 0 Å². The molecule has 0 spiro atoms. The maximum Gasteiger partial charge on any atom is 0.171 e. The molecule has 0 saturated heterocycles. The smallest absolute Gasteiger partial charge is 0.171 e. The van der Waals surface area contributed by atoms with Gasteiger partial charge in [-0.1, -0.05) is 47.1 Å². The number of thiocarbonyl (C=S) groups is 1. The maximum atomic E-state index is 5.44. The molecule has 0 amide bonds. The van der Waals surface area contributed by atoms with E-state index in [9.17, 15) is 0 Å². The fraction of sp³-hybridized carbons (Fsp3) is 0.278. The van der Waals surface area contributed by atoms with Crippen LogP contribution in [-0.4, -0.2) is 5.11 Å². The minimum absolute atomic E-state index is 0.214. The average Bonchev–Trinajstić information content (AvgIpc) is 2.48. The van der Waals surface area contributed by atoms with E-state index < -0.39 is 0 Å². The third-order valence-corrected chi connectivity index (χ3v) is 4.44. The van der Waals surface area contributed by atoms with Gasteiger partial charge in [0.15, 0.2) is 5.11 Å². The van der Waals surface area contributed by atoms with Crippen LogP contribution in [0.1, 0.15) is 36.1 Å². The van der Waals surface area contributed by atoms with E-state index >= 15 is 0 Å². The van der Waals surface area contributed by atoms with E-state index in [0.717, 1.165) is 16.6 Å². The Bertz CT molecular complexity index is 670. The van der Waals surface area contributed by atoms with Crippen molar-refractivity contribution in [3.05, 3.63) is 63.6 Å². The zero-order valence-corrected chi connectivity index (χ0v) is 15.5. The number of hydrogen-bond acceptors (Lipinski definition) is 1. The van der Waals surface area contributed by atoms with Gasteiger partial charge in [-0.3, -0.25) is 0 Å². The Hall–Kier alpha value is -1.39. The normalized spacial score (nSPS) is 11.8. The number of aryl methyl sites for hydroxylation is 2. The minimum atomic E-state index is 0.214. The Labute approximate surface area is 146 Å². The first kappa shape index (κ1) is 17.0. The molecule has 2 aromatic rings. The van der Waals surface area contributed by atoms with Gasteiger partial charge in [-0.25, -0.2) is 0 Å². The summed E-state index contributed by atoms with van der Waals surface area (Å²) in [6.07, 6.45) is 0.975. The molecule has 0 aromatic heterocycles. The number of hydrogen-bond donors (Lipinski definition) is 2. The zero-order valence-electron chi connectivity index (χ0n) is 13.1. The minimum Gasteiger partial charge on any atom is -0.356 e. The molecule has 0 saturated carbocycles. The summed E-state index contributed by atoms with van der Waals surface area (Å²) in [5.41, 5.74) is 4.86. The molecule has 2 N–H and O–H groups in total. The van der Waals surface area contributed by atoms with Gasteiger partial charge in [0.1, 0.15) is 0 Å². The van der Waals surface area contributed by atoms with Gasteiger partial charge in [0.05, 0.1) is 6.04 Å². The fourth-order valence-corrected chi connectivity index (χ4v) is 2.95. The predicted molar refractivity (Wildman–Crippen MR) is 102 cm³/mol. The van der Waals surface area contributed by atoms with Gasteiger partial charge in [0.2, 0.25) is 0 Å². The van der Waals surface area contributed by atoms with Crippen LogP contribution in [0.15, 0.2) is 46.9 Å². The molecule has 116 valence electrons. The maximum absolute atomic E-state index is 5.44. The third kappa shape index (κ3) is 4.55. The second kappa shape index (κ2) is 7.75. The number of halogens is 1. The van der Waals surface area contributed by atoms with Crippen LogP contribution in [0.2, 0.25) is 0 Å². The summed E-state index contributed by atoms with van der Waals surface area (Å²) in [6, 6.07) is 14.8. The predicted octanol–water partition coefficient (Wildman–Crippen LogP) is 5.50. The molecule has 22 heavy (non-hydrogen) atoms. The van der Waals surface area contributed by atoms with Crippen LogP contribution in [-0.2, 0) is 0 Å². The number of rotatable bonds is 4. The molecule has 4 heteroatoms. The lowest BCUT2D eigenvalue weighted by molar-refractivity contribution is 0.628. The molecule has 2 nitrogen and oxygen atoms in total. The highest BCUT2D eigenvalue weighted by molar-refractivity contribution is 9.10. The van der Waals surface area contributed by atoms with Crippen molar-refractivity contribution in [3.63, 3.8) is 0 Å². The summed E-state index contributed by atoms with van der Waals surface area (Å²) in [4.78, 5) is 0. The van der Waals surface area contributed by atoms with E-state index in [1.54, 1.807) is 0 Å². The molecule has 0 radical (unpaired) electrons. The summed E-state index contributed by atoms with van der Waals surface area (Å²) in [5.74, 6) is 0. The summed E-state index contributed by atoms with van der Waals surface area (Å²) in [5, 5.41) is 7.28. The van der Waals surface area contributed by atoms with Crippen LogP contribution < -0.4 is 10.6 Å². The van der Waals surface area contributed by atoms with Crippen LogP contribution in [0.3, 0.4) is 0 Å². The first-order valence-corrected chi connectivity index (χ1v) is 8.60. The number of benzene rings is 2. The van der Waals surface area contributed by atoms with E-state index in [1.807, 2.05) is 24.3 Å². The summed E-state index contributed by atoms with van der Waals surface area (Å²) < 4.78 is 1.03. The Morgan fingerprint density at radius 2 is 1.91 bits per heavy atom. The van der Waals surface area contributed by atoms with Gasteiger partial charge in [0, 0.05) is 10.2 Å². The van der Waals surface area contributed by atoms with E-state index in [0.29, 0.717) is 5.11 Å². The molecule has 0 aliphatic heterocycles. The molecular weight excluding hydrogens is 356 g/mol. The summed E-state index contributed by atoms with van der Waals surface area (Å²) >= 11 is 8.91. The highest BCUT2D eigenvalue weighted by Gasteiger charge is 2.11. The second-order valence-corrected chi connectivity index (χ2v) is 6.74. The van der Waals surface area contributed by atoms with E-state index in [-0.39, 0.29) is 6.04 Å². The van der Waals surface area contributed by atoms with Crippen molar-refractivity contribution < 1.29 is 0 Å². The summed E-state index contributed by atoms with van der Waals surface area (Å²) in [6.45, 7) is 6.44. The first-order valence-electron chi connectivity index (χ1n) is 7.40. The van der Waals surface area contributed by atoms with Gasteiger partial charge in [0.25, 0.3) is 0 Å². The van der Waals surface area contributed by atoms with Gasteiger partial charge < -0.3 is 10.6 Å². The lowest BCUT2D eigenvalue weighted by Gasteiger charge is -2.21. The van der Waals surface area contributed by atoms with Crippen LogP contribution in [0, 0.1) is 13.8 Å². The third-order valence-electron chi connectivity index (χ3n) is 3.73. The molecule has 2 rings (SSSR count). The van der Waals surface area contributed by atoms with Crippen molar-refractivity contribution in [2.75, 3.05) is 5.32 Å². The topological polar surface area (TPSA) is 24.1 Å². The van der Waals surface area contributed by atoms with Crippen molar-refractivity contribution in [3.8, 4) is 0 Å². The van der Waals surface area contributed by atoms with Crippen LogP contribution in [0.4, 0.5) is 5.69 Å². The van der Waals surface area contributed by atoms with Crippen molar-refractivity contribution >= 4 is 38.9 Å². The standard InChI is InChI=1S/C18H21BrN2S/c1-4-17(14-9-8-12(2)13(3)10-14)21-18(22)20-16-7-5-6-15(19)11-16/h5-11,17H,4H2,1-3H3,(H2,20,21,22)/t17-/m0/s1. The quantitative estimate of drug-likeness (QED) is 0.688. The van der Waals surface area contributed by atoms with E-state index in [1.165, 1.54) is 16.7 Å². The Morgan fingerprint density at radius 3 is 2.55 bits per heavy atom. The monoisotopic (exact) mass is 376 g/mol. The van der Waals surface area contributed by atoms with Crippen LogP contribution >= 0.6 is 28.1 Å². The van der Waals surface area contributed by atoms with E-state index in [2.05, 4.69) is 65.5 Å². The molecule has 2 aromatic carbocycles. The van der Waals surface area contributed by atoms with Crippen molar-refractivity contribution in [1.29, 1.82) is 0 Å². The Balaban J connectivity index is 2.06. The van der Waals surface area contributed by atoms with Gasteiger partial charge >= 0.3 is 0 Å². The lowest BCUT2D eigenvalue weighted by Crippen LogP contribution is -2.32. The van der Waals surface area contributed by atoms with Crippen molar-refractivity contribution in [1.82, 2.24) is 5.32 Å².